The van der Waals surface area contributed by atoms with Crippen LogP contribution in [-0.4, -0.2) is 24.6 Å². The van der Waals surface area contributed by atoms with E-state index < -0.39 is 0 Å². The molecule has 0 N–H and O–H groups in total. The van der Waals surface area contributed by atoms with Gasteiger partial charge in [-0.25, -0.2) is 0 Å². The van der Waals surface area contributed by atoms with Crippen LogP contribution in [0.15, 0.2) is 23.3 Å². The Morgan fingerprint density at radius 2 is 1.66 bits per heavy atom. The molecule has 0 aliphatic heterocycles. The molecule has 4 rings (SSSR count). The number of esters is 2. The second-order valence-electron chi connectivity index (χ2n) is 14.8. The molecule has 38 heavy (non-hydrogen) atoms. The summed E-state index contributed by atoms with van der Waals surface area (Å²) in [6, 6.07) is 0. The van der Waals surface area contributed by atoms with Gasteiger partial charge in [0.15, 0.2) is 0 Å². The molecule has 7 atom stereocenters. The molecule has 2 saturated carbocycles. The highest BCUT2D eigenvalue weighted by molar-refractivity contribution is 5.66. The molecule has 0 saturated heterocycles. The van der Waals surface area contributed by atoms with Gasteiger partial charge in [-0.3, -0.25) is 9.59 Å². The molecule has 0 heterocycles. The maximum atomic E-state index is 12.1. The molecule has 4 aliphatic rings. The summed E-state index contributed by atoms with van der Waals surface area (Å²) >= 11 is 0. The Hall–Kier alpha value is -1.58. The van der Waals surface area contributed by atoms with Gasteiger partial charge in [-0.05, 0) is 78.8 Å². The van der Waals surface area contributed by atoms with E-state index in [9.17, 15) is 9.59 Å². The normalized spacial score (nSPS) is 38.3. The molecule has 0 aromatic heterocycles. The summed E-state index contributed by atoms with van der Waals surface area (Å²) in [5, 5.41) is 0. The largest absolute Gasteiger partial charge is 0.465 e. The van der Waals surface area contributed by atoms with Crippen LogP contribution in [0.1, 0.15) is 120 Å². The van der Waals surface area contributed by atoms with Crippen molar-refractivity contribution < 1.29 is 19.1 Å². The topological polar surface area (TPSA) is 52.6 Å². The highest BCUT2D eigenvalue weighted by Gasteiger charge is 2.65. The van der Waals surface area contributed by atoms with Crippen LogP contribution < -0.4 is 0 Å². The van der Waals surface area contributed by atoms with E-state index in [1.54, 1.807) is 6.92 Å². The Morgan fingerprint density at radius 3 is 2.29 bits per heavy atom. The van der Waals surface area contributed by atoms with Crippen LogP contribution in [0, 0.1) is 45.3 Å². The lowest BCUT2D eigenvalue weighted by Crippen LogP contribution is -2.56. The summed E-state index contributed by atoms with van der Waals surface area (Å²) < 4.78 is 11.8. The number of carbonyl (C=O) groups is 2. The van der Waals surface area contributed by atoms with E-state index in [4.69, 9.17) is 9.47 Å². The third-order valence-corrected chi connectivity index (χ3v) is 11.9. The van der Waals surface area contributed by atoms with Gasteiger partial charge in [0.1, 0.15) is 6.10 Å². The molecule has 7 unspecified atom stereocenters. The number of ether oxygens (including phenoxy) is 2. The number of hydrogen-bond donors (Lipinski definition) is 0. The first-order valence-corrected chi connectivity index (χ1v) is 15.4. The molecule has 0 spiro atoms. The average Bonchev–Trinajstić information content (AvgIpc) is 3.12. The van der Waals surface area contributed by atoms with Gasteiger partial charge in [0.25, 0.3) is 0 Å². The predicted molar refractivity (Wildman–Crippen MR) is 153 cm³/mol. The fourth-order valence-electron chi connectivity index (χ4n) is 9.72. The number of carbonyl (C=O) groups excluding carboxylic acids is 2. The minimum atomic E-state index is -0.169. The molecule has 4 aliphatic carbocycles. The number of rotatable bonds is 8. The van der Waals surface area contributed by atoms with Crippen LogP contribution in [-0.2, 0) is 19.1 Å². The third-order valence-electron chi connectivity index (χ3n) is 11.9. The smallest absolute Gasteiger partial charge is 0.302 e. The van der Waals surface area contributed by atoms with Gasteiger partial charge in [0, 0.05) is 30.1 Å². The van der Waals surface area contributed by atoms with Crippen molar-refractivity contribution in [2.45, 2.75) is 126 Å². The molecule has 2 fully saturated rings. The summed E-state index contributed by atoms with van der Waals surface area (Å²) in [6.07, 6.45) is 15.2. The van der Waals surface area contributed by atoms with E-state index in [1.807, 2.05) is 0 Å². The fourth-order valence-corrected chi connectivity index (χ4v) is 9.72. The van der Waals surface area contributed by atoms with Gasteiger partial charge in [0.2, 0.25) is 0 Å². The number of allylic oxidation sites excluding steroid dienone is 4. The summed E-state index contributed by atoms with van der Waals surface area (Å²) in [6.45, 7) is 20.3. The van der Waals surface area contributed by atoms with Crippen molar-refractivity contribution in [2.24, 2.45) is 45.3 Å². The van der Waals surface area contributed by atoms with Crippen LogP contribution >= 0.6 is 0 Å². The molecule has 0 aromatic rings. The zero-order valence-corrected chi connectivity index (χ0v) is 25.7. The lowest BCUT2D eigenvalue weighted by atomic mass is 9.44. The monoisotopic (exact) mass is 526 g/mol. The number of hydrogen-bond acceptors (Lipinski definition) is 4. The van der Waals surface area contributed by atoms with Crippen LogP contribution in [0.5, 0.6) is 0 Å². The highest BCUT2D eigenvalue weighted by atomic mass is 16.5. The van der Waals surface area contributed by atoms with Crippen molar-refractivity contribution in [3.05, 3.63) is 23.3 Å². The Kier molecular flexibility index (Phi) is 8.07. The minimum Gasteiger partial charge on any atom is -0.465 e. The Balaban J connectivity index is 1.70. The molecule has 0 aromatic carbocycles. The standard InChI is InChI=1S/C34H54O4/c1-22(2)11-10-12-23(3)26-15-19-33(9)28-13-14-29-31(6,7)30(38-25(5)36)17-18-32(29,8)27(28)16-20-34(26,33)21-37-24(4)35/h13,16,22-23,26,29-30H,10-12,14-15,17-21H2,1-9H3. The van der Waals surface area contributed by atoms with Crippen molar-refractivity contribution in [3.8, 4) is 0 Å². The van der Waals surface area contributed by atoms with E-state index in [-0.39, 0.29) is 39.7 Å². The maximum Gasteiger partial charge on any atom is 0.302 e. The Morgan fingerprint density at radius 1 is 0.947 bits per heavy atom. The van der Waals surface area contributed by atoms with Crippen molar-refractivity contribution in [1.82, 2.24) is 0 Å². The predicted octanol–water partition coefficient (Wildman–Crippen LogP) is 8.45. The molecule has 4 nitrogen and oxygen atoms in total. The first-order chi connectivity index (χ1) is 17.7. The van der Waals surface area contributed by atoms with Gasteiger partial charge in [-0.2, -0.15) is 0 Å². The van der Waals surface area contributed by atoms with Crippen LogP contribution in [0.2, 0.25) is 0 Å². The second kappa shape index (κ2) is 10.4. The summed E-state index contributed by atoms with van der Waals surface area (Å²) in [5.74, 6) is 2.01. The number of fused-ring (bicyclic) bond motifs is 5. The zero-order valence-electron chi connectivity index (χ0n) is 25.7. The van der Waals surface area contributed by atoms with Crippen LogP contribution in [0.3, 0.4) is 0 Å². The van der Waals surface area contributed by atoms with E-state index in [1.165, 1.54) is 43.8 Å². The second-order valence-corrected chi connectivity index (χ2v) is 14.8. The van der Waals surface area contributed by atoms with Crippen LogP contribution in [0.4, 0.5) is 0 Å². The molecular weight excluding hydrogens is 472 g/mol. The third kappa shape index (κ3) is 4.70. The molecule has 214 valence electrons. The minimum absolute atomic E-state index is 0.00830. The highest BCUT2D eigenvalue weighted by Crippen LogP contribution is 2.72. The van der Waals surface area contributed by atoms with Crippen molar-refractivity contribution >= 4 is 11.9 Å². The van der Waals surface area contributed by atoms with Crippen molar-refractivity contribution in [1.29, 1.82) is 0 Å². The Bertz CT molecular complexity index is 988. The van der Waals surface area contributed by atoms with E-state index in [2.05, 4.69) is 60.6 Å². The quantitative estimate of drug-likeness (QED) is 0.298. The first kappa shape index (κ1) is 29.4. The van der Waals surface area contributed by atoms with Crippen molar-refractivity contribution in [3.63, 3.8) is 0 Å². The summed E-state index contributed by atoms with van der Waals surface area (Å²) in [7, 11) is 0. The molecular formula is C34H54O4. The van der Waals surface area contributed by atoms with E-state index >= 15 is 0 Å². The summed E-state index contributed by atoms with van der Waals surface area (Å²) in [5.41, 5.74) is 3.03. The molecule has 0 amide bonds. The lowest BCUT2D eigenvalue weighted by molar-refractivity contribution is -0.165. The molecule has 0 radical (unpaired) electrons. The fraction of sp³-hybridized carbons (Fsp3) is 0.824. The van der Waals surface area contributed by atoms with Gasteiger partial charge in [-0.1, -0.05) is 79.9 Å². The molecule has 0 bridgehead atoms. The molecule has 4 heteroatoms. The summed E-state index contributed by atoms with van der Waals surface area (Å²) in [4.78, 5) is 24.0. The SMILES string of the molecule is CC(=O)OCC12CC=C3C(=CCC4C3(C)CCC(OC(C)=O)C4(C)C)C1(C)CCC2C(C)CCCC(C)C. The van der Waals surface area contributed by atoms with Gasteiger partial charge in [-0.15, -0.1) is 0 Å². The van der Waals surface area contributed by atoms with E-state index in [0.29, 0.717) is 24.4 Å². The van der Waals surface area contributed by atoms with Gasteiger partial charge >= 0.3 is 11.9 Å². The lowest BCUT2D eigenvalue weighted by Gasteiger charge is -2.61. The van der Waals surface area contributed by atoms with Crippen LogP contribution in [0.25, 0.3) is 0 Å². The van der Waals surface area contributed by atoms with Crippen molar-refractivity contribution in [2.75, 3.05) is 6.61 Å². The van der Waals surface area contributed by atoms with Gasteiger partial charge in [0.05, 0.1) is 6.61 Å². The zero-order chi connectivity index (χ0) is 28.1. The van der Waals surface area contributed by atoms with Gasteiger partial charge < -0.3 is 9.47 Å². The maximum absolute atomic E-state index is 12.1. The average molecular weight is 527 g/mol. The first-order valence-electron chi connectivity index (χ1n) is 15.4. The Labute approximate surface area is 232 Å². The van der Waals surface area contributed by atoms with E-state index in [0.717, 1.165) is 38.0 Å².